The lowest BCUT2D eigenvalue weighted by atomic mass is 10.1. The molecule has 0 radical (unpaired) electrons. The standard InChI is InChI=1S/C26H24N2S2/c1-3-13-25(29-19-15-21-9-5-7-17-27-21)23(11-1)24-12-2-4-14-26(24)30-20-16-22-10-6-8-18-28-22/h1-14,17-18H,15-16,19-20H2. The summed E-state index contributed by atoms with van der Waals surface area (Å²) in [6.07, 6.45) is 5.68. The van der Waals surface area contributed by atoms with E-state index >= 15 is 0 Å². The molecule has 0 aliphatic heterocycles. The molecule has 0 amide bonds. The molecule has 0 atom stereocenters. The van der Waals surface area contributed by atoms with Crippen LogP contribution in [-0.4, -0.2) is 21.5 Å². The average molecular weight is 429 g/mol. The van der Waals surface area contributed by atoms with Crippen LogP contribution >= 0.6 is 23.5 Å². The summed E-state index contributed by atoms with van der Waals surface area (Å²) in [6, 6.07) is 29.7. The second kappa shape index (κ2) is 11.0. The predicted octanol–water partition coefficient (Wildman–Crippen LogP) is 6.81. The monoisotopic (exact) mass is 428 g/mol. The molecule has 0 saturated carbocycles. The van der Waals surface area contributed by atoms with Crippen molar-refractivity contribution >= 4 is 23.5 Å². The number of thioether (sulfide) groups is 2. The highest BCUT2D eigenvalue weighted by Crippen LogP contribution is 2.37. The fourth-order valence-electron chi connectivity index (χ4n) is 3.25. The summed E-state index contributed by atoms with van der Waals surface area (Å²) in [5.41, 5.74) is 4.91. The van der Waals surface area contributed by atoms with Gasteiger partial charge in [0, 0.05) is 45.1 Å². The van der Waals surface area contributed by atoms with Crippen molar-refractivity contribution in [1.29, 1.82) is 0 Å². The second-order valence-electron chi connectivity index (χ2n) is 6.83. The zero-order valence-corrected chi connectivity index (χ0v) is 18.4. The fourth-order valence-corrected chi connectivity index (χ4v) is 5.33. The summed E-state index contributed by atoms with van der Waals surface area (Å²) in [5, 5.41) is 0. The van der Waals surface area contributed by atoms with Crippen LogP contribution in [0.2, 0.25) is 0 Å². The van der Waals surface area contributed by atoms with Crippen molar-refractivity contribution in [3.8, 4) is 11.1 Å². The minimum atomic E-state index is 0.973. The van der Waals surface area contributed by atoms with Gasteiger partial charge in [0.1, 0.15) is 0 Å². The Morgan fingerprint density at radius 3 is 1.37 bits per heavy atom. The number of nitrogens with zero attached hydrogens (tertiary/aromatic N) is 2. The van der Waals surface area contributed by atoms with E-state index in [1.165, 1.54) is 20.9 Å². The van der Waals surface area contributed by atoms with Gasteiger partial charge in [0.15, 0.2) is 0 Å². The van der Waals surface area contributed by atoms with Gasteiger partial charge in [-0.05, 0) is 60.4 Å². The molecule has 0 N–H and O–H groups in total. The van der Waals surface area contributed by atoms with E-state index in [9.17, 15) is 0 Å². The van der Waals surface area contributed by atoms with Crippen LogP contribution in [-0.2, 0) is 12.8 Å². The first-order valence-electron chi connectivity index (χ1n) is 10.1. The van der Waals surface area contributed by atoms with E-state index < -0.39 is 0 Å². The van der Waals surface area contributed by atoms with E-state index in [2.05, 4.69) is 82.8 Å². The lowest BCUT2D eigenvalue weighted by Gasteiger charge is -2.13. The molecule has 0 saturated heterocycles. The van der Waals surface area contributed by atoms with Crippen LogP contribution in [0.15, 0.2) is 107 Å². The molecule has 2 aromatic carbocycles. The Bertz CT molecular complexity index is 966. The third-order valence-corrected chi connectivity index (χ3v) is 6.90. The molecule has 0 bridgehead atoms. The molecule has 150 valence electrons. The van der Waals surface area contributed by atoms with Gasteiger partial charge in [-0.2, -0.15) is 0 Å². The van der Waals surface area contributed by atoms with Crippen LogP contribution in [0.4, 0.5) is 0 Å². The van der Waals surface area contributed by atoms with E-state index in [1.54, 1.807) is 0 Å². The van der Waals surface area contributed by atoms with Crippen molar-refractivity contribution in [3.05, 3.63) is 109 Å². The van der Waals surface area contributed by atoms with Crippen molar-refractivity contribution in [1.82, 2.24) is 9.97 Å². The predicted molar refractivity (Wildman–Crippen MR) is 129 cm³/mol. The Hall–Kier alpha value is -2.56. The van der Waals surface area contributed by atoms with Gasteiger partial charge in [-0.15, -0.1) is 23.5 Å². The molecule has 0 aliphatic carbocycles. The highest BCUT2D eigenvalue weighted by Gasteiger charge is 2.10. The quantitative estimate of drug-likeness (QED) is 0.273. The molecule has 0 spiro atoms. The number of benzene rings is 2. The summed E-state index contributed by atoms with van der Waals surface area (Å²) >= 11 is 3.81. The van der Waals surface area contributed by atoms with Gasteiger partial charge in [-0.25, -0.2) is 0 Å². The van der Waals surface area contributed by atoms with Gasteiger partial charge in [0.2, 0.25) is 0 Å². The average Bonchev–Trinajstić information content (AvgIpc) is 2.81. The maximum absolute atomic E-state index is 4.44. The van der Waals surface area contributed by atoms with E-state index in [0.29, 0.717) is 0 Å². The molecule has 4 aromatic rings. The van der Waals surface area contributed by atoms with Crippen LogP contribution in [0.25, 0.3) is 11.1 Å². The van der Waals surface area contributed by atoms with E-state index in [-0.39, 0.29) is 0 Å². The number of rotatable bonds is 9. The van der Waals surface area contributed by atoms with Gasteiger partial charge in [-0.3, -0.25) is 9.97 Å². The summed E-state index contributed by atoms with van der Waals surface area (Å²) in [5.74, 6) is 2.03. The Kier molecular flexibility index (Phi) is 7.59. The zero-order chi connectivity index (χ0) is 20.4. The smallest absolute Gasteiger partial charge is 0.0411 e. The maximum atomic E-state index is 4.44. The molecule has 0 fully saturated rings. The number of pyridine rings is 2. The molecule has 2 nitrogen and oxygen atoms in total. The molecule has 4 rings (SSSR count). The van der Waals surface area contributed by atoms with Crippen molar-refractivity contribution in [2.75, 3.05) is 11.5 Å². The van der Waals surface area contributed by atoms with Crippen molar-refractivity contribution in [2.45, 2.75) is 22.6 Å². The van der Waals surface area contributed by atoms with Crippen molar-refractivity contribution in [3.63, 3.8) is 0 Å². The van der Waals surface area contributed by atoms with Gasteiger partial charge < -0.3 is 0 Å². The van der Waals surface area contributed by atoms with Gasteiger partial charge >= 0.3 is 0 Å². The summed E-state index contributed by atoms with van der Waals surface area (Å²) in [7, 11) is 0. The molecule has 0 unspecified atom stereocenters. The normalized spacial score (nSPS) is 10.8. The van der Waals surface area contributed by atoms with Crippen LogP contribution in [0, 0.1) is 0 Å². The first-order valence-corrected chi connectivity index (χ1v) is 12.1. The van der Waals surface area contributed by atoms with Gasteiger partial charge in [0.05, 0.1) is 0 Å². The first kappa shape index (κ1) is 20.7. The Morgan fingerprint density at radius 2 is 0.933 bits per heavy atom. The van der Waals surface area contributed by atoms with E-state index in [0.717, 1.165) is 35.7 Å². The Balaban J connectivity index is 1.46. The Morgan fingerprint density at radius 1 is 0.500 bits per heavy atom. The molecular weight excluding hydrogens is 404 g/mol. The molecule has 2 heterocycles. The van der Waals surface area contributed by atoms with E-state index in [1.807, 2.05) is 48.1 Å². The third kappa shape index (κ3) is 5.74. The first-order chi connectivity index (χ1) is 14.9. The van der Waals surface area contributed by atoms with E-state index in [4.69, 9.17) is 0 Å². The van der Waals surface area contributed by atoms with Gasteiger partial charge in [-0.1, -0.05) is 48.5 Å². The minimum absolute atomic E-state index is 0.973. The highest BCUT2D eigenvalue weighted by molar-refractivity contribution is 7.99. The largest absolute Gasteiger partial charge is 0.261 e. The number of aromatic nitrogens is 2. The molecule has 2 aromatic heterocycles. The number of hydrogen-bond donors (Lipinski definition) is 0. The van der Waals surface area contributed by atoms with Crippen molar-refractivity contribution < 1.29 is 0 Å². The van der Waals surface area contributed by atoms with Gasteiger partial charge in [0.25, 0.3) is 0 Å². The fraction of sp³-hybridized carbons (Fsp3) is 0.154. The second-order valence-corrected chi connectivity index (χ2v) is 9.10. The lowest BCUT2D eigenvalue weighted by Crippen LogP contribution is -1.94. The van der Waals surface area contributed by atoms with Crippen LogP contribution in [0.3, 0.4) is 0 Å². The number of hydrogen-bond acceptors (Lipinski definition) is 4. The zero-order valence-electron chi connectivity index (χ0n) is 16.8. The molecule has 4 heteroatoms. The van der Waals surface area contributed by atoms with Crippen LogP contribution < -0.4 is 0 Å². The SMILES string of the molecule is c1ccc(CCSc2ccccc2-c2ccccc2SCCc2ccccn2)nc1. The van der Waals surface area contributed by atoms with Crippen LogP contribution in [0.1, 0.15) is 11.4 Å². The molecular formula is C26H24N2S2. The minimum Gasteiger partial charge on any atom is -0.261 e. The Labute approximate surface area is 187 Å². The number of aryl methyl sites for hydroxylation is 2. The summed E-state index contributed by atoms with van der Waals surface area (Å²) in [4.78, 5) is 11.5. The molecule has 30 heavy (non-hydrogen) atoms. The summed E-state index contributed by atoms with van der Waals surface area (Å²) in [6.45, 7) is 0. The summed E-state index contributed by atoms with van der Waals surface area (Å²) < 4.78 is 0. The molecule has 0 aliphatic rings. The lowest BCUT2D eigenvalue weighted by molar-refractivity contribution is 1.05. The topological polar surface area (TPSA) is 25.8 Å². The maximum Gasteiger partial charge on any atom is 0.0411 e. The van der Waals surface area contributed by atoms with Crippen molar-refractivity contribution in [2.24, 2.45) is 0 Å². The van der Waals surface area contributed by atoms with Crippen LogP contribution in [0.5, 0.6) is 0 Å². The highest BCUT2D eigenvalue weighted by atomic mass is 32.2. The third-order valence-electron chi connectivity index (χ3n) is 4.75.